The van der Waals surface area contributed by atoms with Crippen molar-refractivity contribution in [1.29, 1.82) is 10.5 Å². The molecule has 5 rings (SSSR count). The van der Waals surface area contributed by atoms with Crippen LogP contribution in [0.25, 0.3) is 6.08 Å². The monoisotopic (exact) mass is 449 g/mol. The van der Waals surface area contributed by atoms with Crippen LogP contribution < -0.4 is 4.90 Å². The summed E-state index contributed by atoms with van der Waals surface area (Å²) in [5, 5.41) is 21.5. The first kappa shape index (κ1) is 21.0. The topological polar surface area (TPSA) is 67.9 Å². The highest BCUT2D eigenvalue weighted by Gasteiger charge is 2.63. The van der Waals surface area contributed by atoms with E-state index in [1.165, 1.54) is 0 Å². The number of Topliss-reactive ketones (excluding diaryl/α,β-unsaturated/α-hetero) is 1. The number of aryl methyl sites for hydroxylation is 1. The van der Waals surface area contributed by atoms with Gasteiger partial charge in [0.05, 0.1) is 18.2 Å². The number of rotatable bonds is 3. The van der Waals surface area contributed by atoms with E-state index in [4.69, 9.17) is 11.6 Å². The first-order valence-electron chi connectivity index (χ1n) is 10.7. The first-order chi connectivity index (χ1) is 16.0. The third kappa shape index (κ3) is 3.07. The molecule has 3 aromatic carbocycles. The van der Waals surface area contributed by atoms with Gasteiger partial charge in [-0.25, -0.2) is 0 Å². The zero-order valence-corrected chi connectivity index (χ0v) is 18.7. The summed E-state index contributed by atoms with van der Waals surface area (Å²) in [7, 11) is 0. The molecule has 5 heteroatoms. The Morgan fingerprint density at radius 2 is 1.70 bits per heavy atom. The van der Waals surface area contributed by atoms with E-state index in [0.717, 1.165) is 22.4 Å². The van der Waals surface area contributed by atoms with Gasteiger partial charge in [-0.15, -0.1) is 0 Å². The molecule has 0 aliphatic carbocycles. The van der Waals surface area contributed by atoms with Gasteiger partial charge in [0.15, 0.2) is 11.2 Å². The average molecular weight is 450 g/mol. The molecule has 2 heterocycles. The number of hydrogen-bond acceptors (Lipinski definition) is 4. The number of carbonyl (C=O) groups is 1. The van der Waals surface area contributed by atoms with Crippen molar-refractivity contribution in [3.63, 3.8) is 0 Å². The predicted molar refractivity (Wildman–Crippen MR) is 129 cm³/mol. The molecule has 2 aliphatic rings. The summed E-state index contributed by atoms with van der Waals surface area (Å²) in [6.07, 6.45) is 3.76. The van der Waals surface area contributed by atoms with Crippen LogP contribution in [0.1, 0.15) is 33.0 Å². The second kappa shape index (κ2) is 7.93. The van der Waals surface area contributed by atoms with Gasteiger partial charge in [-0.05, 0) is 41.8 Å². The van der Waals surface area contributed by atoms with Crippen molar-refractivity contribution < 1.29 is 4.79 Å². The van der Waals surface area contributed by atoms with Crippen molar-refractivity contribution in [1.82, 2.24) is 0 Å². The third-order valence-electron chi connectivity index (χ3n) is 6.81. The molecule has 160 valence electrons. The minimum Gasteiger partial charge on any atom is -0.351 e. The number of ketones is 1. The predicted octanol–water partition coefficient (Wildman–Crippen LogP) is 5.93. The number of fused-ring (bicyclic) bond motifs is 3. The van der Waals surface area contributed by atoms with Gasteiger partial charge in [0, 0.05) is 22.2 Å². The molecule has 0 aromatic heterocycles. The number of carbonyl (C=O) groups excluding carboxylic acids is 1. The number of halogens is 1. The standard InChI is InChI=1S/C28H20ClN3O/c1-18-7-5-6-10-22(18)27(33)26-25(19-8-3-2-4-9-19)28(16-30,17-31)24-14-11-20-15-21(29)12-13-23(20)32(24)26/h2-15,24-26H,1H3/t24-,25-,26+/m0/s1. The largest absolute Gasteiger partial charge is 0.351 e. The lowest BCUT2D eigenvalue weighted by molar-refractivity contribution is 0.0950. The van der Waals surface area contributed by atoms with E-state index in [9.17, 15) is 15.3 Å². The number of hydrogen-bond donors (Lipinski definition) is 0. The molecule has 0 saturated carbocycles. The Labute approximate surface area is 198 Å². The van der Waals surface area contributed by atoms with Crippen LogP contribution in [0, 0.1) is 35.0 Å². The van der Waals surface area contributed by atoms with Crippen LogP contribution in [0.2, 0.25) is 5.02 Å². The Hall–Kier alpha value is -3.86. The van der Waals surface area contributed by atoms with E-state index >= 15 is 0 Å². The number of benzene rings is 3. The van der Waals surface area contributed by atoms with Gasteiger partial charge in [-0.2, -0.15) is 10.5 Å². The molecule has 33 heavy (non-hydrogen) atoms. The summed E-state index contributed by atoms with van der Waals surface area (Å²) in [6, 6.07) is 25.8. The summed E-state index contributed by atoms with van der Waals surface area (Å²) in [5.41, 5.74) is 2.47. The fraction of sp³-hybridized carbons (Fsp3) is 0.179. The zero-order chi connectivity index (χ0) is 23.2. The highest BCUT2D eigenvalue weighted by atomic mass is 35.5. The van der Waals surface area contributed by atoms with Gasteiger partial charge in [0.25, 0.3) is 0 Å². The molecule has 0 spiro atoms. The molecule has 1 saturated heterocycles. The van der Waals surface area contributed by atoms with E-state index in [1.54, 1.807) is 6.07 Å². The van der Waals surface area contributed by atoms with Gasteiger partial charge in [0.2, 0.25) is 0 Å². The van der Waals surface area contributed by atoms with Gasteiger partial charge in [-0.1, -0.05) is 78.4 Å². The van der Waals surface area contributed by atoms with Crippen molar-refractivity contribution in [3.8, 4) is 12.1 Å². The van der Waals surface area contributed by atoms with Gasteiger partial charge in [0.1, 0.15) is 6.04 Å². The van der Waals surface area contributed by atoms with E-state index in [-0.39, 0.29) is 5.78 Å². The lowest BCUT2D eigenvalue weighted by Gasteiger charge is -2.35. The molecule has 0 amide bonds. The van der Waals surface area contributed by atoms with Crippen LogP contribution in [0.3, 0.4) is 0 Å². The fourth-order valence-corrected chi connectivity index (χ4v) is 5.49. The molecule has 0 unspecified atom stereocenters. The molecule has 0 radical (unpaired) electrons. The smallest absolute Gasteiger partial charge is 0.186 e. The zero-order valence-electron chi connectivity index (χ0n) is 17.9. The molecule has 3 aromatic rings. The fourth-order valence-electron chi connectivity index (χ4n) is 5.31. The molecule has 3 atom stereocenters. The number of nitriles is 2. The van der Waals surface area contributed by atoms with Crippen LogP contribution in [0.4, 0.5) is 5.69 Å². The lowest BCUT2D eigenvalue weighted by Crippen LogP contribution is -2.44. The third-order valence-corrected chi connectivity index (χ3v) is 7.04. The van der Waals surface area contributed by atoms with Gasteiger partial charge in [-0.3, -0.25) is 4.79 Å². The second-order valence-electron chi connectivity index (χ2n) is 8.52. The SMILES string of the molecule is Cc1ccccc1C(=O)[C@H]1[C@H](c2ccccc2)C(C#N)(C#N)[C@@H]2C=Cc3cc(Cl)ccc3N21. The highest BCUT2D eigenvalue weighted by molar-refractivity contribution is 6.30. The molecular weight excluding hydrogens is 430 g/mol. The van der Waals surface area contributed by atoms with Crippen molar-refractivity contribution in [2.75, 3.05) is 4.90 Å². The Bertz CT molecular complexity index is 1350. The molecule has 1 fully saturated rings. The van der Waals surface area contributed by atoms with Crippen LogP contribution in [-0.4, -0.2) is 17.9 Å². The van der Waals surface area contributed by atoms with E-state index in [1.807, 2.05) is 90.7 Å². The number of anilines is 1. The lowest BCUT2D eigenvalue weighted by atomic mass is 9.69. The van der Waals surface area contributed by atoms with Crippen molar-refractivity contribution >= 4 is 29.1 Å². The van der Waals surface area contributed by atoms with E-state index in [2.05, 4.69) is 12.1 Å². The summed E-state index contributed by atoms with van der Waals surface area (Å²) in [5.74, 6) is -0.743. The molecular formula is C28H20ClN3O. The second-order valence-corrected chi connectivity index (χ2v) is 8.96. The Balaban J connectivity index is 1.80. The highest BCUT2D eigenvalue weighted by Crippen LogP contribution is 2.55. The maximum atomic E-state index is 14.2. The maximum absolute atomic E-state index is 14.2. The first-order valence-corrected chi connectivity index (χ1v) is 11.1. The van der Waals surface area contributed by atoms with Gasteiger partial charge < -0.3 is 4.90 Å². The summed E-state index contributed by atoms with van der Waals surface area (Å²) in [6.45, 7) is 1.91. The minimum absolute atomic E-state index is 0.101. The summed E-state index contributed by atoms with van der Waals surface area (Å²) >= 11 is 6.25. The van der Waals surface area contributed by atoms with Crippen LogP contribution >= 0.6 is 11.6 Å². The summed E-state index contributed by atoms with van der Waals surface area (Å²) in [4.78, 5) is 16.2. The minimum atomic E-state index is -1.45. The van der Waals surface area contributed by atoms with E-state index < -0.39 is 23.4 Å². The normalized spacial score (nSPS) is 22.1. The van der Waals surface area contributed by atoms with E-state index in [0.29, 0.717) is 10.6 Å². The Kier molecular flexibility index (Phi) is 5.05. The van der Waals surface area contributed by atoms with Crippen LogP contribution in [0.5, 0.6) is 0 Å². The Morgan fingerprint density at radius 3 is 2.39 bits per heavy atom. The van der Waals surface area contributed by atoms with Crippen LogP contribution in [-0.2, 0) is 0 Å². The van der Waals surface area contributed by atoms with Crippen LogP contribution in [0.15, 0.2) is 78.9 Å². The van der Waals surface area contributed by atoms with Crippen molar-refractivity contribution in [2.45, 2.75) is 24.9 Å². The molecule has 0 bridgehead atoms. The van der Waals surface area contributed by atoms with Crippen molar-refractivity contribution in [2.24, 2.45) is 5.41 Å². The summed E-state index contributed by atoms with van der Waals surface area (Å²) < 4.78 is 0. The average Bonchev–Trinajstić information content (AvgIpc) is 3.15. The maximum Gasteiger partial charge on any atom is 0.186 e. The Morgan fingerprint density at radius 1 is 1.00 bits per heavy atom. The molecule has 4 nitrogen and oxygen atoms in total. The molecule has 2 aliphatic heterocycles. The van der Waals surface area contributed by atoms with Gasteiger partial charge >= 0.3 is 0 Å². The number of nitrogens with zero attached hydrogens (tertiary/aromatic N) is 3. The van der Waals surface area contributed by atoms with Crippen molar-refractivity contribution in [3.05, 3.63) is 106 Å². The molecule has 0 N–H and O–H groups in total. The quantitative estimate of drug-likeness (QED) is 0.464.